The SMILES string of the molecule is Nc1ccc2oc(NC3CCCc4sccc43)nc2c1. The molecule has 1 atom stereocenters. The Morgan fingerprint density at radius 3 is 3.25 bits per heavy atom. The smallest absolute Gasteiger partial charge is 0.296 e. The Morgan fingerprint density at radius 1 is 1.35 bits per heavy atom. The van der Waals surface area contributed by atoms with Gasteiger partial charge in [0.25, 0.3) is 6.01 Å². The highest BCUT2D eigenvalue weighted by Crippen LogP contribution is 2.35. The van der Waals surface area contributed by atoms with Crippen molar-refractivity contribution in [1.29, 1.82) is 0 Å². The molecule has 3 aromatic rings. The third-order valence-corrected chi connectivity index (χ3v) is 4.76. The molecule has 0 saturated heterocycles. The van der Waals surface area contributed by atoms with E-state index in [4.69, 9.17) is 10.2 Å². The number of anilines is 2. The second kappa shape index (κ2) is 4.52. The maximum Gasteiger partial charge on any atom is 0.296 e. The van der Waals surface area contributed by atoms with Crippen molar-refractivity contribution in [3.05, 3.63) is 40.1 Å². The molecule has 102 valence electrons. The first-order valence-electron chi connectivity index (χ1n) is 6.78. The van der Waals surface area contributed by atoms with Gasteiger partial charge in [-0.3, -0.25) is 0 Å². The number of fused-ring (bicyclic) bond motifs is 2. The molecule has 3 N–H and O–H groups in total. The lowest BCUT2D eigenvalue weighted by Gasteiger charge is -2.22. The minimum absolute atomic E-state index is 0.301. The largest absolute Gasteiger partial charge is 0.424 e. The summed E-state index contributed by atoms with van der Waals surface area (Å²) in [6.07, 6.45) is 3.51. The van der Waals surface area contributed by atoms with Crippen molar-refractivity contribution in [3.8, 4) is 0 Å². The Kier molecular flexibility index (Phi) is 2.67. The lowest BCUT2D eigenvalue weighted by molar-refractivity contribution is 0.559. The van der Waals surface area contributed by atoms with Crippen molar-refractivity contribution in [2.24, 2.45) is 0 Å². The zero-order valence-electron chi connectivity index (χ0n) is 10.9. The number of nitrogen functional groups attached to an aromatic ring is 1. The highest BCUT2D eigenvalue weighted by molar-refractivity contribution is 7.10. The third-order valence-electron chi connectivity index (χ3n) is 3.76. The van der Waals surface area contributed by atoms with E-state index in [1.165, 1.54) is 23.3 Å². The second-order valence-electron chi connectivity index (χ2n) is 5.13. The van der Waals surface area contributed by atoms with Gasteiger partial charge < -0.3 is 15.5 Å². The minimum Gasteiger partial charge on any atom is -0.424 e. The Bertz CT molecular complexity index is 761. The lowest BCUT2D eigenvalue weighted by atomic mass is 9.94. The van der Waals surface area contributed by atoms with E-state index in [-0.39, 0.29) is 0 Å². The average molecular weight is 285 g/mol. The Labute approximate surface area is 120 Å². The number of oxazole rings is 1. The quantitative estimate of drug-likeness (QED) is 0.699. The molecular formula is C15H15N3OS. The van der Waals surface area contributed by atoms with Crippen LogP contribution >= 0.6 is 11.3 Å². The summed E-state index contributed by atoms with van der Waals surface area (Å²) in [5.74, 6) is 0. The number of aryl methyl sites for hydroxylation is 1. The summed E-state index contributed by atoms with van der Waals surface area (Å²) in [6, 6.07) is 8.61. The van der Waals surface area contributed by atoms with Crippen molar-refractivity contribution in [1.82, 2.24) is 4.98 Å². The second-order valence-corrected chi connectivity index (χ2v) is 6.14. The maximum absolute atomic E-state index is 5.77. The first kappa shape index (κ1) is 11.8. The molecule has 0 spiro atoms. The summed E-state index contributed by atoms with van der Waals surface area (Å²) in [6.45, 7) is 0. The van der Waals surface area contributed by atoms with Crippen LogP contribution < -0.4 is 11.1 Å². The van der Waals surface area contributed by atoms with E-state index in [0.717, 1.165) is 17.5 Å². The van der Waals surface area contributed by atoms with E-state index in [0.29, 0.717) is 17.7 Å². The maximum atomic E-state index is 5.77. The number of hydrogen-bond donors (Lipinski definition) is 2. The van der Waals surface area contributed by atoms with Crippen LogP contribution in [0, 0.1) is 0 Å². The van der Waals surface area contributed by atoms with Gasteiger partial charge in [-0.15, -0.1) is 11.3 Å². The molecule has 2 heterocycles. The average Bonchev–Trinajstić information content (AvgIpc) is 3.04. The van der Waals surface area contributed by atoms with E-state index in [2.05, 4.69) is 21.7 Å². The van der Waals surface area contributed by atoms with Crippen LogP contribution in [0.15, 0.2) is 34.1 Å². The highest BCUT2D eigenvalue weighted by atomic mass is 32.1. The van der Waals surface area contributed by atoms with Crippen LogP contribution in [0.3, 0.4) is 0 Å². The number of nitrogens with zero attached hydrogens (tertiary/aromatic N) is 1. The van der Waals surface area contributed by atoms with E-state index in [1.54, 1.807) is 0 Å². The van der Waals surface area contributed by atoms with Crippen molar-refractivity contribution in [3.63, 3.8) is 0 Å². The number of hydrogen-bond acceptors (Lipinski definition) is 5. The number of rotatable bonds is 2. The molecule has 0 amide bonds. The minimum atomic E-state index is 0.301. The van der Waals surface area contributed by atoms with Crippen molar-refractivity contribution >= 4 is 34.1 Å². The molecule has 20 heavy (non-hydrogen) atoms. The molecule has 4 rings (SSSR count). The fraction of sp³-hybridized carbons (Fsp3) is 0.267. The van der Waals surface area contributed by atoms with Crippen LogP contribution in [-0.2, 0) is 6.42 Å². The van der Waals surface area contributed by atoms with Gasteiger partial charge in [0.2, 0.25) is 0 Å². The van der Waals surface area contributed by atoms with Gasteiger partial charge in [-0.05, 0) is 54.5 Å². The molecule has 0 radical (unpaired) electrons. The van der Waals surface area contributed by atoms with Crippen LogP contribution in [-0.4, -0.2) is 4.98 Å². The van der Waals surface area contributed by atoms with Gasteiger partial charge in [0, 0.05) is 10.6 Å². The van der Waals surface area contributed by atoms with Crippen molar-refractivity contribution < 1.29 is 4.42 Å². The summed E-state index contributed by atoms with van der Waals surface area (Å²) in [5.41, 5.74) is 9.43. The Morgan fingerprint density at radius 2 is 2.30 bits per heavy atom. The first-order chi connectivity index (χ1) is 9.79. The van der Waals surface area contributed by atoms with Crippen LogP contribution in [0.25, 0.3) is 11.1 Å². The first-order valence-corrected chi connectivity index (χ1v) is 7.66. The van der Waals surface area contributed by atoms with Gasteiger partial charge in [0.1, 0.15) is 5.52 Å². The molecular weight excluding hydrogens is 270 g/mol. The van der Waals surface area contributed by atoms with Gasteiger partial charge in [-0.2, -0.15) is 4.98 Å². The lowest BCUT2D eigenvalue weighted by Crippen LogP contribution is -2.15. The molecule has 0 fully saturated rings. The third kappa shape index (κ3) is 1.94. The predicted octanol–water partition coefficient (Wildman–Crippen LogP) is 3.96. The van der Waals surface area contributed by atoms with Gasteiger partial charge >= 0.3 is 0 Å². The van der Waals surface area contributed by atoms with E-state index in [9.17, 15) is 0 Å². The van der Waals surface area contributed by atoms with Crippen LogP contribution in [0.1, 0.15) is 29.3 Å². The van der Waals surface area contributed by atoms with Gasteiger partial charge in [0.15, 0.2) is 5.58 Å². The van der Waals surface area contributed by atoms with Crippen LogP contribution in [0.4, 0.5) is 11.7 Å². The highest BCUT2D eigenvalue weighted by Gasteiger charge is 2.22. The number of nitrogens with one attached hydrogen (secondary N) is 1. The molecule has 0 saturated carbocycles. The standard InChI is InChI=1S/C15H15N3OS/c16-9-4-5-13-12(8-9)18-15(19-13)17-11-2-1-3-14-10(11)6-7-20-14/h4-8,11H,1-3,16H2,(H,17,18). The monoisotopic (exact) mass is 285 g/mol. The summed E-state index contributed by atoms with van der Waals surface area (Å²) >= 11 is 1.84. The number of benzene rings is 1. The Hall–Kier alpha value is -2.01. The van der Waals surface area contributed by atoms with Gasteiger partial charge in [-0.25, -0.2) is 0 Å². The Balaban J connectivity index is 1.65. The van der Waals surface area contributed by atoms with Crippen molar-refractivity contribution in [2.75, 3.05) is 11.1 Å². The molecule has 5 heteroatoms. The van der Waals surface area contributed by atoms with Crippen LogP contribution in [0.2, 0.25) is 0 Å². The predicted molar refractivity (Wildman–Crippen MR) is 82.0 cm³/mol. The van der Waals surface area contributed by atoms with Crippen LogP contribution in [0.5, 0.6) is 0 Å². The topological polar surface area (TPSA) is 64.1 Å². The molecule has 4 nitrogen and oxygen atoms in total. The fourth-order valence-corrected chi connectivity index (χ4v) is 3.78. The number of aromatic nitrogens is 1. The fourth-order valence-electron chi connectivity index (χ4n) is 2.79. The van der Waals surface area contributed by atoms with Crippen molar-refractivity contribution in [2.45, 2.75) is 25.3 Å². The molecule has 1 aliphatic rings. The van der Waals surface area contributed by atoms with E-state index < -0.39 is 0 Å². The zero-order valence-corrected chi connectivity index (χ0v) is 11.7. The summed E-state index contributed by atoms with van der Waals surface area (Å²) < 4.78 is 5.74. The van der Waals surface area contributed by atoms with E-state index in [1.807, 2.05) is 29.5 Å². The molecule has 1 aromatic carbocycles. The molecule has 0 bridgehead atoms. The molecule has 0 aliphatic heterocycles. The normalized spacial score (nSPS) is 18.1. The molecule has 2 aromatic heterocycles. The van der Waals surface area contributed by atoms with Gasteiger partial charge in [0.05, 0.1) is 6.04 Å². The summed E-state index contributed by atoms with van der Waals surface area (Å²) in [7, 11) is 0. The van der Waals surface area contributed by atoms with E-state index >= 15 is 0 Å². The summed E-state index contributed by atoms with van der Waals surface area (Å²) in [5, 5.41) is 5.58. The molecule has 1 unspecified atom stereocenters. The number of nitrogens with two attached hydrogens (primary N) is 1. The number of thiophene rings is 1. The zero-order chi connectivity index (χ0) is 13.5. The molecule has 1 aliphatic carbocycles. The van der Waals surface area contributed by atoms with Gasteiger partial charge in [-0.1, -0.05) is 0 Å². The summed E-state index contributed by atoms with van der Waals surface area (Å²) in [4.78, 5) is 5.95.